The fraction of sp³-hybridized carbons (Fsp3) is 0.870. The Morgan fingerprint density at radius 1 is 0.833 bits per heavy atom. The van der Waals surface area contributed by atoms with Crippen molar-refractivity contribution in [3.8, 4) is 0 Å². The maximum absolute atomic E-state index is 12.1. The van der Waals surface area contributed by atoms with Gasteiger partial charge in [-0.1, -0.05) is 27.7 Å². The number of amides is 2. The average molecular weight is 427 g/mol. The maximum Gasteiger partial charge on any atom is 0.222 e. The first kappa shape index (κ1) is 26.6. The lowest BCUT2D eigenvalue weighted by atomic mass is 9.80. The highest BCUT2D eigenvalue weighted by Crippen LogP contribution is 2.27. The Balaban J connectivity index is 1.94. The van der Waals surface area contributed by atoms with Crippen molar-refractivity contribution < 1.29 is 23.9 Å². The van der Waals surface area contributed by atoms with E-state index in [4.69, 9.17) is 9.47 Å². The summed E-state index contributed by atoms with van der Waals surface area (Å²) in [5.74, 6) is 1.20. The van der Waals surface area contributed by atoms with E-state index < -0.39 is 0 Å². The van der Waals surface area contributed by atoms with E-state index in [0.29, 0.717) is 57.5 Å². The summed E-state index contributed by atoms with van der Waals surface area (Å²) in [5, 5.41) is 5.88. The van der Waals surface area contributed by atoms with E-state index in [-0.39, 0.29) is 29.7 Å². The highest BCUT2D eigenvalue weighted by Gasteiger charge is 2.28. The predicted octanol–water partition coefficient (Wildman–Crippen LogP) is 2.86. The molecule has 0 spiro atoms. The van der Waals surface area contributed by atoms with Crippen LogP contribution in [0.5, 0.6) is 0 Å². The summed E-state index contributed by atoms with van der Waals surface area (Å²) < 4.78 is 10.9. The Hall–Kier alpha value is -1.47. The van der Waals surface area contributed by atoms with Gasteiger partial charge in [0.15, 0.2) is 0 Å². The molecule has 1 rings (SSSR count). The topological polar surface area (TPSA) is 93.7 Å². The van der Waals surface area contributed by atoms with Crippen LogP contribution in [0, 0.1) is 17.8 Å². The molecule has 174 valence electrons. The molecule has 0 aromatic heterocycles. The number of ether oxygens (including phenoxy) is 2. The van der Waals surface area contributed by atoms with Crippen LogP contribution in [0.15, 0.2) is 0 Å². The van der Waals surface area contributed by atoms with E-state index in [1.54, 1.807) is 0 Å². The van der Waals surface area contributed by atoms with Gasteiger partial charge >= 0.3 is 0 Å². The molecule has 0 aromatic carbocycles. The van der Waals surface area contributed by atoms with Gasteiger partial charge in [0.2, 0.25) is 11.8 Å². The van der Waals surface area contributed by atoms with E-state index in [1.165, 1.54) is 0 Å². The van der Waals surface area contributed by atoms with Gasteiger partial charge in [0.25, 0.3) is 0 Å². The molecule has 0 aliphatic heterocycles. The average Bonchev–Trinajstić information content (AvgIpc) is 2.70. The lowest BCUT2D eigenvalue weighted by molar-refractivity contribution is -0.127. The number of carbonyl (C=O) groups is 3. The van der Waals surface area contributed by atoms with Crippen LogP contribution in [0.2, 0.25) is 0 Å². The minimum absolute atomic E-state index is 0.00124. The zero-order valence-corrected chi connectivity index (χ0v) is 19.3. The smallest absolute Gasteiger partial charge is 0.222 e. The summed E-state index contributed by atoms with van der Waals surface area (Å²) in [6, 6.07) is 0.174. The Labute approximate surface area is 182 Å². The fourth-order valence-electron chi connectivity index (χ4n) is 3.55. The van der Waals surface area contributed by atoms with Crippen LogP contribution in [-0.2, 0) is 23.9 Å². The van der Waals surface area contributed by atoms with Crippen molar-refractivity contribution in [1.82, 2.24) is 10.6 Å². The van der Waals surface area contributed by atoms with Crippen molar-refractivity contribution >= 4 is 17.6 Å². The van der Waals surface area contributed by atoms with Crippen LogP contribution >= 0.6 is 0 Å². The summed E-state index contributed by atoms with van der Waals surface area (Å²) in [6.45, 7) is 10.3. The summed E-state index contributed by atoms with van der Waals surface area (Å²) in [5.41, 5.74) is 0. The van der Waals surface area contributed by atoms with Crippen molar-refractivity contribution in [2.75, 3.05) is 33.0 Å². The molecule has 1 aliphatic rings. The number of Topliss-reactive ketones (excluding diaryl/α,β-unsaturated/α-hetero) is 1. The zero-order chi connectivity index (χ0) is 22.4. The molecule has 2 amide bonds. The molecule has 1 aliphatic carbocycles. The third kappa shape index (κ3) is 12.3. The molecule has 1 saturated carbocycles. The van der Waals surface area contributed by atoms with Crippen molar-refractivity contribution in [3.05, 3.63) is 0 Å². The molecule has 7 heteroatoms. The summed E-state index contributed by atoms with van der Waals surface area (Å²) in [6.07, 6.45) is 5.27. The fourth-order valence-corrected chi connectivity index (χ4v) is 3.55. The van der Waals surface area contributed by atoms with Crippen LogP contribution in [0.1, 0.15) is 72.6 Å². The molecular weight excluding hydrogens is 384 g/mol. The van der Waals surface area contributed by atoms with Gasteiger partial charge in [-0.2, -0.15) is 0 Å². The number of hydrogen-bond donors (Lipinski definition) is 2. The Kier molecular flexibility index (Phi) is 13.6. The van der Waals surface area contributed by atoms with Gasteiger partial charge in [-0.05, 0) is 38.0 Å². The third-order valence-electron chi connectivity index (χ3n) is 5.43. The second kappa shape index (κ2) is 15.3. The van der Waals surface area contributed by atoms with Crippen LogP contribution < -0.4 is 10.6 Å². The highest BCUT2D eigenvalue weighted by molar-refractivity contribution is 5.83. The predicted molar refractivity (Wildman–Crippen MR) is 117 cm³/mol. The van der Waals surface area contributed by atoms with Gasteiger partial charge < -0.3 is 20.1 Å². The molecule has 0 unspecified atom stereocenters. The number of carbonyl (C=O) groups excluding carboxylic acids is 3. The standard InChI is InChI=1S/C23H42N2O5/c1-17(2)5-10-21(26)24-12-14-30-16-15-29-13-11-22(27)25-20-8-6-19(7-9-20)23(28)18(3)4/h17-20H,5-16H2,1-4H3,(H,24,26)(H,25,27). The molecule has 7 nitrogen and oxygen atoms in total. The Morgan fingerprint density at radius 2 is 1.47 bits per heavy atom. The van der Waals surface area contributed by atoms with Gasteiger partial charge in [0, 0.05) is 37.3 Å². The molecule has 1 fully saturated rings. The van der Waals surface area contributed by atoms with Crippen LogP contribution in [-0.4, -0.2) is 56.6 Å². The first-order valence-electron chi connectivity index (χ1n) is 11.5. The van der Waals surface area contributed by atoms with E-state index >= 15 is 0 Å². The van der Waals surface area contributed by atoms with Gasteiger partial charge in [-0.15, -0.1) is 0 Å². The molecule has 0 bridgehead atoms. The maximum atomic E-state index is 12.1. The van der Waals surface area contributed by atoms with Crippen LogP contribution in [0.4, 0.5) is 0 Å². The molecular formula is C23H42N2O5. The minimum Gasteiger partial charge on any atom is -0.379 e. The third-order valence-corrected chi connectivity index (χ3v) is 5.43. The molecule has 0 heterocycles. The lowest BCUT2D eigenvalue weighted by Gasteiger charge is -2.29. The summed E-state index contributed by atoms with van der Waals surface area (Å²) >= 11 is 0. The highest BCUT2D eigenvalue weighted by atomic mass is 16.5. The largest absolute Gasteiger partial charge is 0.379 e. The molecule has 30 heavy (non-hydrogen) atoms. The first-order chi connectivity index (χ1) is 14.3. The van der Waals surface area contributed by atoms with Gasteiger partial charge in [-0.3, -0.25) is 14.4 Å². The van der Waals surface area contributed by atoms with E-state index in [2.05, 4.69) is 24.5 Å². The van der Waals surface area contributed by atoms with Gasteiger partial charge in [-0.25, -0.2) is 0 Å². The normalized spacial score (nSPS) is 19.1. The van der Waals surface area contributed by atoms with Crippen molar-refractivity contribution in [3.63, 3.8) is 0 Å². The zero-order valence-electron chi connectivity index (χ0n) is 19.3. The lowest BCUT2D eigenvalue weighted by Crippen LogP contribution is -2.39. The quantitative estimate of drug-likeness (QED) is 0.393. The Bertz CT molecular complexity index is 514. The van der Waals surface area contributed by atoms with E-state index in [0.717, 1.165) is 32.1 Å². The number of nitrogens with one attached hydrogen (secondary N) is 2. The second-order valence-electron chi connectivity index (χ2n) is 8.93. The van der Waals surface area contributed by atoms with E-state index in [9.17, 15) is 14.4 Å². The van der Waals surface area contributed by atoms with Crippen LogP contribution in [0.3, 0.4) is 0 Å². The molecule has 0 aromatic rings. The first-order valence-corrected chi connectivity index (χ1v) is 11.5. The van der Waals surface area contributed by atoms with Crippen LogP contribution in [0.25, 0.3) is 0 Å². The molecule has 0 radical (unpaired) electrons. The Morgan fingerprint density at radius 3 is 2.07 bits per heavy atom. The molecule has 0 atom stereocenters. The van der Waals surface area contributed by atoms with Crippen molar-refractivity contribution in [1.29, 1.82) is 0 Å². The number of rotatable bonds is 15. The molecule has 2 N–H and O–H groups in total. The monoisotopic (exact) mass is 426 g/mol. The van der Waals surface area contributed by atoms with Crippen molar-refractivity contribution in [2.24, 2.45) is 17.8 Å². The number of hydrogen-bond acceptors (Lipinski definition) is 5. The summed E-state index contributed by atoms with van der Waals surface area (Å²) in [7, 11) is 0. The van der Waals surface area contributed by atoms with Gasteiger partial charge in [0.05, 0.1) is 26.4 Å². The van der Waals surface area contributed by atoms with Gasteiger partial charge in [0.1, 0.15) is 5.78 Å². The number of ketones is 1. The minimum atomic E-state index is -0.00124. The molecule has 0 saturated heterocycles. The summed E-state index contributed by atoms with van der Waals surface area (Å²) in [4.78, 5) is 35.7. The second-order valence-corrected chi connectivity index (χ2v) is 8.93. The SMILES string of the molecule is CC(C)CCC(=O)NCCOCCOCCC(=O)NC1CCC(C(=O)C(C)C)CC1. The van der Waals surface area contributed by atoms with Crippen molar-refractivity contribution in [2.45, 2.75) is 78.7 Å². The van der Waals surface area contributed by atoms with E-state index in [1.807, 2.05) is 13.8 Å².